The number of hydrogen-bond donors (Lipinski definition) is 0. The molecule has 0 aromatic heterocycles. The van der Waals surface area contributed by atoms with Gasteiger partial charge in [-0.15, -0.1) is 0 Å². The van der Waals surface area contributed by atoms with Gasteiger partial charge in [0.05, 0.1) is 0 Å². The number of hydrogen-bond acceptors (Lipinski definition) is 3. The summed E-state index contributed by atoms with van der Waals surface area (Å²) in [4.78, 5) is 8.10. The number of halogens is 1. The van der Waals surface area contributed by atoms with E-state index >= 15 is 0 Å². The molecule has 4 heteroatoms. The normalized spacial score (nSPS) is 29.1. The van der Waals surface area contributed by atoms with Crippen molar-refractivity contribution in [3.8, 4) is 0 Å². The topological polar surface area (TPSA) is 6.48 Å². The van der Waals surface area contributed by atoms with Gasteiger partial charge in [-0.05, 0) is 61.7 Å². The van der Waals surface area contributed by atoms with Gasteiger partial charge in [-0.1, -0.05) is 41.6 Å². The van der Waals surface area contributed by atoms with Gasteiger partial charge in [-0.3, -0.25) is 9.80 Å². The SMILES string of the molecule is CN1C2CCC1CN(C1Cc3ccccc3Sc3ccc(Cl)cc31)C2. The van der Waals surface area contributed by atoms with Gasteiger partial charge in [0.15, 0.2) is 0 Å². The summed E-state index contributed by atoms with van der Waals surface area (Å²) < 4.78 is 0. The van der Waals surface area contributed by atoms with Crippen molar-refractivity contribution >= 4 is 23.4 Å². The molecule has 0 saturated carbocycles. The molecule has 3 atom stereocenters. The second-order valence-corrected chi connectivity index (χ2v) is 9.14. The Hall–Kier alpha value is -1.00. The maximum Gasteiger partial charge on any atom is 0.0410 e. The number of benzene rings is 2. The molecule has 2 aromatic rings. The second-order valence-electron chi connectivity index (χ2n) is 7.62. The average Bonchev–Trinajstić information content (AvgIpc) is 2.81. The van der Waals surface area contributed by atoms with Crippen molar-refractivity contribution in [2.45, 2.75) is 47.2 Å². The molecule has 0 amide bonds. The molecule has 5 rings (SSSR count). The maximum absolute atomic E-state index is 6.40. The molecule has 2 nitrogen and oxygen atoms in total. The molecule has 3 aliphatic rings. The Bertz CT molecular complexity index is 794. The first-order valence-corrected chi connectivity index (χ1v) is 10.4. The van der Waals surface area contributed by atoms with E-state index in [4.69, 9.17) is 11.6 Å². The first kappa shape index (κ1) is 16.2. The number of rotatable bonds is 1. The Kier molecular flexibility index (Phi) is 4.09. The van der Waals surface area contributed by atoms with Gasteiger partial charge in [-0.25, -0.2) is 0 Å². The van der Waals surface area contributed by atoms with Crippen LogP contribution in [0.15, 0.2) is 52.3 Å². The third-order valence-corrected chi connectivity index (χ3v) is 7.70. The third-order valence-electron chi connectivity index (χ3n) is 6.25. The molecule has 0 aliphatic carbocycles. The van der Waals surface area contributed by atoms with E-state index < -0.39 is 0 Å². The van der Waals surface area contributed by atoms with Gasteiger partial charge in [0, 0.05) is 46.0 Å². The molecular formula is C21H23ClN2S. The summed E-state index contributed by atoms with van der Waals surface area (Å²) in [5.41, 5.74) is 2.88. The molecule has 2 fully saturated rings. The largest absolute Gasteiger partial charge is 0.298 e. The summed E-state index contributed by atoms with van der Waals surface area (Å²) in [5, 5.41) is 0.854. The van der Waals surface area contributed by atoms with Crippen molar-refractivity contribution in [1.29, 1.82) is 0 Å². The Labute approximate surface area is 159 Å². The molecular weight excluding hydrogens is 348 g/mol. The minimum atomic E-state index is 0.432. The highest BCUT2D eigenvalue weighted by Gasteiger charge is 2.40. The molecule has 2 saturated heterocycles. The minimum Gasteiger partial charge on any atom is -0.298 e. The molecule has 0 radical (unpaired) electrons. The predicted octanol–water partition coefficient (Wildman–Crippen LogP) is 4.87. The molecule has 0 N–H and O–H groups in total. The predicted molar refractivity (Wildman–Crippen MR) is 105 cm³/mol. The molecule has 0 spiro atoms. The number of likely N-dealkylation sites (N-methyl/N-ethyl adjacent to an activating group) is 1. The van der Waals surface area contributed by atoms with E-state index in [-0.39, 0.29) is 0 Å². The number of nitrogens with zero attached hydrogens (tertiary/aromatic N) is 2. The minimum absolute atomic E-state index is 0.432. The lowest BCUT2D eigenvalue weighted by atomic mass is 9.96. The highest BCUT2D eigenvalue weighted by molar-refractivity contribution is 7.99. The van der Waals surface area contributed by atoms with E-state index in [0.717, 1.165) is 11.4 Å². The van der Waals surface area contributed by atoms with Crippen molar-refractivity contribution in [2.24, 2.45) is 0 Å². The zero-order valence-electron chi connectivity index (χ0n) is 14.5. The summed E-state index contributed by atoms with van der Waals surface area (Å²) in [5.74, 6) is 0. The van der Waals surface area contributed by atoms with Crippen LogP contribution in [-0.4, -0.2) is 42.0 Å². The van der Waals surface area contributed by atoms with Gasteiger partial charge in [-0.2, -0.15) is 0 Å². The molecule has 3 aliphatic heterocycles. The lowest BCUT2D eigenvalue weighted by molar-refractivity contribution is 0.0564. The van der Waals surface area contributed by atoms with Crippen LogP contribution < -0.4 is 0 Å². The molecule has 2 aromatic carbocycles. The smallest absolute Gasteiger partial charge is 0.0410 e. The van der Waals surface area contributed by atoms with E-state index in [1.54, 1.807) is 0 Å². The van der Waals surface area contributed by atoms with E-state index in [1.807, 2.05) is 17.8 Å². The standard InChI is InChI=1S/C21H23ClN2S/c1-23-16-7-8-17(23)13-24(12-16)19-10-14-4-2-3-5-20(14)25-21-9-6-15(22)11-18(19)21/h2-6,9,11,16-17,19H,7-8,10,12-13H2,1H3. The van der Waals surface area contributed by atoms with E-state index in [0.29, 0.717) is 18.1 Å². The van der Waals surface area contributed by atoms with Crippen LogP contribution in [0.4, 0.5) is 0 Å². The zero-order chi connectivity index (χ0) is 17.0. The molecule has 3 heterocycles. The summed E-state index contributed by atoms with van der Waals surface area (Å²) in [6, 6.07) is 17.2. The van der Waals surface area contributed by atoms with E-state index in [1.165, 1.54) is 46.8 Å². The molecule has 130 valence electrons. The van der Waals surface area contributed by atoms with Crippen LogP contribution in [-0.2, 0) is 6.42 Å². The van der Waals surface area contributed by atoms with E-state index in [2.05, 4.69) is 53.2 Å². The summed E-state index contributed by atoms with van der Waals surface area (Å²) in [7, 11) is 2.31. The fourth-order valence-electron chi connectivity index (χ4n) is 4.81. The van der Waals surface area contributed by atoms with Gasteiger partial charge in [0.2, 0.25) is 0 Å². The molecule has 25 heavy (non-hydrogen) atoms. The fourth-order valence-corrected chi connectivity index (χ4v) is 6.10. The Morgan fingerprint density at radius 3 is 2.56 bits per heavy atom. The highest BCUT2D eigenvalue weighted by Crippen LogP contribution is 2.45. The summed E-state index contributed by atoms with van der Waals surface area (Å²) in [6.45, 7) is 2.35. The van der Waals surface area contributed by atoms with Gasteiger partial charge >= 0.3 is 0 Å². The number of likely N-dealkylation sites (tertiary alicyclic amines) is 1. The third kappa shape index (κ3) is 2.82. The van der Waals surface area contributed by atoms with Crippen molar-refractivity contribution in [2.75, 3.05) is 20.1 Å². The van der Waals surface area contributed by atoms with Crippen molar-refractivity contribution in [3.05, 3.63) is 58.6 Å². The monoisotopic (exact) mass is 370 g/mol. The number of piperazine rings is 1. The average molecular weight is 371 g/mol. The fraction of sp³-hybridized carbons (Fsp3) is 0.429. The Morgan fingerprint density at radius 2 is 1.76 bits per heavy atom. The van der Waals surface area contributed by atoms with Crippen LogP contribution in [0.5, 0.6) is 0 Å². The van der Waals surface area contributed by atoms with Crippen LogP contribution >= 0.6 is 23.4 Å². The van der Waals surface area contributed by atoms with Crippen LogP contribution in [0.3, 0.4) is 0 Å². The summed E-state index contributed by atoms with van der Waals surface area (Å²) >= 11 is 8.30. The first-order valence-electron chi connectivity index (χ1n) is 9.20. The highest BCUT2D eigenvalue weighted by atomic mass is 35.5. The van der Waals surface area contributed by atoms with Gasteiger partial charge < -0.3 is 0 Å². The van der Waals surface area contributed by atoms with Crippen molar-refractivity contribution in [3.63, 3.8) is 0 Å². The lowest BCUT2D eigenvalue weighted by Gasteiger charge is -2.43. The first-order chi connectivity index (χ1) is 12.2. The zero-order valence-corrected chi connectivity index (χ0v) is 16.1. The maximum atomic E-state index is 6.40. The van der Waals surface area contributed by atoms with E-state index in [9.17, 15) is 0 Å². The van der Waals surface area contributed by atoms with Gasteiger partial charge in [0.25, 0.3) is 0 Å². The second kappa shape index (κ2) is 6.31. The molecule has 3 unspecified atom stereocenters. The lowest BCUT2D eigenvalue weighted by Crippen LogP contribution is -2.53. The quantitative estimate of drug-likeness (QED) is 0.707. The van der Waals surface area contributed by atoms with Crippen molar-refractivity contribution in [1.82, 2.24) is 9.80 Å². The van der Waals surface area contributed by atoms with Crippen LogP contribution in [0.25, 0.3) is 0 Å². The summed E-state index contributed by atoms with van der Waals surface area (Å²) in [6.07, 6.45) is 3.77. The van der Waals surface area contributed by atoms with Crippen LogP contribution in [0.2, 0.25) is 5.02 Å². The van der Waals surface area contributed by atoms with Crippen LogP contribution in [0, 0.1) is 0 Å². The van der Waals surface area contributed by atoms with Gasteiger partial charge in [0.1, 0.15) is 0 Å². The molecule has 2 bridgehead atoms. The van der Waals surface area contributed by atoms with Crippen LogP contribution in [0.1, 0.15) is 30.0 Å². The number of fused-ring (bicyclic) bond motifs is 4. The Morgan fingerprint density at radius 1 is 1.00 bits per heavy atom. The van der Waals surface area contributed by atoms with Crippen molar-refractivity contribution < 1.29 is 0 Å². The Balaban J connectivity index is 1.57.